The van der Waals surface area contributed by atoms with Crippen molar-refractivity contribution in [2.45, 2.75) is 37.5 Å². The van der Waals surface area contributed by atoms with E-state index < -0.39 is 11.2 Å². The van der Waals surface area contributed by atoms with Crippen LogP contribution in [0.1, 0.15) is 18.3 Å². The Morgan fingerprint density at radius 1 is 1.21 bits per heavy atom. The number of carboxylic acids is 1. The number of benzene rings is 2. The number of aryl methyl sites for hydroxylation is 2. The van der Waals surface area contributed by atoms with E-state index in [1.165, 1.54) is 11.8 Å². The second kappa shape index (κ2) is 8.48. The number of hydrogen-bond acceptors (Lipinski definition) is 5. The van der Waals surface area contributed by atoms with Crippen molar-refractivity contribution in [3.05, 3.63) is 64.2 Å². The molecule has 2 aromatic carbocycles. The fraction of sp³-hybridized carbons (Fsp3) is 0.286. The minimum absolute atomic E-state index is 0.0655. The van der Waals surface area contributed by atoms with Gasteiger partial charge in [-0.15, -0.1) is 11.8 Å². The molecule has 1 aromatic heterocycles. The van der Waals surface area contributed by atoms with Gasteiger partial charge in [0.05, 0.1) is 17.4 Å². The molecule has 146 valence electrons. The minimum Gasteiger partial charge on any atom is -0.492 e. The number of hydrogen-bond donors (Lipinski definition) is 1. The highest BCUT2D eigenvalue weighted by atomic mass is 32.2. The van der Waals surface area contributed by atoms with Gasteiger partial charge >= 0.3 is 5.97 Å². The van der Waals surface area contributed by atoms with Gasteiger partial charge < -0.3 is 9.84 Å². The molecule has 1 N–H and O–H groups in total. The van der Waals surface area contributed by atoms with Crippen molar-refractivity contribution in [1.82, 2.24) is 9.55 Å². The van der Waals surface area contributed by atoms with Crippen molar-refractivity contribution in [1.29, 1.82) is 0 Å². The molecule has 7 heteroatoms. The monoisotopic (exact) mass is 398 g/mol. The molecule has 1 unspecified atom stereocenters. The Bertz CT molecular complexity index is 1060. The fourth-order valence-corrected chi connectivity index (χ4v) is 3.68. The first-order valence-corrected chi connectivity index (χ1v) is 9.84. The molecule has 3 aromatic rings. The highest BCUT2D eigenvalue weighted by molar-refractivity contribution is 8.00. The van der Waals surface area contributed by atoms with Crippen molar-refractivity contribution in [2.75, 3.05) is 6.61 Å². The topological polar surface area (TPSA) is 81.4 Å². The van der Waals surface area contributed by atoms with Crippen molar-refractivity contribution < 1.29 is 14.6 Å². The maximum atomic E-state index is 12.8. The molecule has 0 radical (unpaired) electrons. The van der Waals surface area contributed by atoms with Gasteiger partial charge in [-0.05, 0) is 56.7 Å². The van der Waals surface area contributed by atoms with Gasteiger partial charge in [-0.25, -0.2) is 4.98 Å². The standard InChI is InChI=1S/C21H22N2O4S/c1-13-5-4-6-18-19(13)22-15(3)23(20(18)24)11-12-27-16-7-9-17(10-8-16)28-14(2)21(25)26/h4-10,14H,11-12H2,1-3H3,(H,25,26). The third-order valence-electron chi connectivity index (χ3n) is 4.45. The van der Waals surface area contributed by atoms with E-state index in [2.05, 4.69) is 4.98 Å². The molecule has 6 nitrogen and oxygen atoms in total. The van der Waals surface area contributed by atoms with Crippen LogP contribution in [0.15, 0.2) is 52.2 Å². The van der Waals surface area contributed by atoms with E-state index in [-0.39, 0.29) is 5.56 Å². The number of thioether (sulfide) groups is 1. The van der Waals surface area contributed by atoms with Crippen LogP contribution in [-0.4, -0.2) is 32.5 Å². The molecular formula is C21H22N2O4S. The predicted octanol–water partition coefficient (Wildman–Crippen LogP) is 3.66. The van der Waals surface area contributed by atoms with Crippen LogP contribution in [0, 0.1) is 13.8 Å². The molecule has 28 heavy (non-hydrogen) atoms. The van der Waals surface area contributed by atoms with E-state index in [9.17, 15) is 9.59 Å². The lowest BCUT2D eigenvalue weighted by Gasteiger charge is -2.13. The van der Waals surface area contributed by atoms with Gasteiger partial charge in [0.25, 0.3) is 5.56 Å². The lowest BCUT2D eigenvalue weighted by molar-refractivity contribution is -0.136. The summed E-state index contributed by atoms with van der Waals surface area (Å²) in [5.41, 5.74) is 1.66. The third-order valence-corrected chi connectivity index (χ3v) is 5.55. The van der Waals surface area contributed by atoms with E-state index in [1.807, 2.05) is 38.1 Å². The molecule has 1 atom stereocenters. The Morgan fingerprint density at radius 2 is 1.93 bits per heavy atom. The molecule has 3 rings (SSSR count). The van der Waals surface area contributed by atoms with Gasteiger partial charge in [0, 0.05) is 4.90 Å². The van der Waals surface area contributed by atoms with E-state index in [0.29, 0.717) is 30.1 Å². The predicted molar refractivity (Wildman–Crippen MR) is 110 cm³/mol. The smallest absolute Gasteiger partial charge is 0.316 e. The highest BCUT2D eigenvalue weighted by Crippen LogP contribution is 2.25. The van der Waals surface area contributed by atoms with Gasteiger partial charge in [0.15, 0.2) is 0 Å². The van der Waals surface area contributed by atoms with Crippen LogP contribution in [-0.2, 0) is 11.3 Å². The molecule has 0 saturated carbocycles. The Morgan fingerprint density at radius 3 is 2.61 bits per heavy atom. The van der Waals surface area contributed by atoms with Crippen molar-refractivity contribution in [2.24, 2.45) is 0 Å². The van der Waals surface area contributed by atoms with E-state index in [4.69, 9.17) is 9.84 Å². The first-order valence-electron chi connectivity index (χ1n) is 8.96. The maximum Gasteiger partial charge on any atom is 0.316 e. The summed E-state index contributed by atoms with van der Waals surface area (Å²) in [6, 6.07) is 12.9. The number of para-hydroxylation sites is 1. The summed E-state index contributed by atoms with van der Waals surface area (Å²) in [6.07, 6.45) is 0. The Kier molecular flexibility index (Phi) is 6.04. The number of ether oxygens (including phenoxy) is 1. The number of carboxylic acid groups (broad SMARTS) is 1. The summed E-state index contributed by atoms with van der Waals surface area (Å²) >= 11 is 1.28. The maximum absolute atomic E-state index is 12.8. The fourth-order valence-electron chi connectivity index (χ4n) is 2.88. The zero-order valence-corrected chi connectivity index (χ0v) is 16.8. The summed E-state index contributed by atoms with van der Waals surface area (Å²) in [7, 11) is 0. The number of rotatable bonds is 7. The quantitative estimate of drug-likeness (QED) is 0.612. The summed E-state index contributed by atoms with van der Waals surface area (Å²) in [5, 5.41) is 9.07. The first kappa shape index (κ1) is 19.9. The molecule has 0 saturated heterocycles. The molecule has 0 aliphatic heterocycles. The third kappa shape index (κ3) is 4.36. The molecule has 0 bridgehead atoms. The first-order chi connectivity index (χ1) is 13.4. The molecule has 0 aliphatic carbocycles. The van der Waals surface area contributed by atoms with Crippen molar-refractivity contribution in [3.63, 3.8) is 0 Å². The molecular weight excluding hydrogens is 376 g/mol. The van der Waals surface area contributed by atoms with Crippen LogP contribution in [0.4, 0.5) is 0 Å². The molecule has 1 heterocycles. The second-order valence-corrected chi connectivity index (χ2v) is 7.92. The van der Waals surface area contributed by atoms with Crippen molar-refractivity contribution >= 4 is 28.6 Å². The molecule has 0 aliphatic rings. The Labute approximate surface area is 167 Å². The number of carbonyl (C=O) groups is 1. The van der Waals surface area contributed by atoms with Gasteiger partial charge in [0.1, 0.15) is 23.4 Å². The number of fused-ring (bicyclic) bond motifs is 1. The number of aliphatic carboxylic acids is 1. The summed E-state index contributed by atoms with van der Waals surface area (Å²) in [6.45, 7) is 6.15. The summed E-state index contributed by atoms with van der Waals surface area (Å²) in [4.78, 5) is 29.1. The second-order valence-electron chi connectivity index (χ2n) is 6.51. The van der Waals surface area contributed by atoms with Gasteiger partial charge in [-0.1, -0.05) is 12.1 Å². The molecule has 0 fully saturated rings. The SMILES string of the molecule is Cc1cccc2c(=O)n(CCOc3ccc(SC(C)C(=O)O)cc3)c(C)nc12. The van der Waals surface area contributed by atoms with Crippen LogP contribution >= 0.6 is 11.8 Å². The zero-order valence-electron chi connectivity index (χ0n) is 16.0. The number of nitrogens with zero attached hydrogens (tertiary/aromatic N) is 2. The summed E-state index contributed by atoms with van der Waals surface area (Å²) in [5.74, 6) is 0.484. The van der Waals surface area contributed by atoms with E-state index in [1.54, 1.807) is 29.7 Å². The van der Waals surface area contributed by atoms with Gasteiger partial charge in [-0.3, -0.25) is 14.2 Å². The van der Waals surface area contributed by atoms with E-state index in [0.717, 1.165) is 16.0 Å². The normalized spacial score (nSPS) is 12.1. The van der Waals surface area contributed by atoms with Crippen LogP contribution < -0.4 is 10.3 Å². The average molecular weight is 398 g/mol. The molecule has 0 spiro atoms. The van der Waals surface area contributed by atoms with Crippen LogP contribution in [0.25, 0.3) is 10.9 Å². The Balaban J connectivity index is 1.67. The van der Waals surface area contributed by atoms with Crippen molar-refractivity contribution in [3.8, 4) is 5.75 Å². The van der Waals surface area contributed by atoms with Crippen LogP contribution in [0.3, 0.4) is 0 Å². The van der Waals surface area contributed by atoms with Gasteiger partial charge in [-0.2, -0.15) is 0 Å². The number of aromatic nitrogens is 2. The largest absolute Gasteiger partial charge is 0.492 e. The van der Waals surface area contributed by atoms with Crippen LogP contribution in [0.2, 0.25) is 0 Å². The van der Waals surface area contributed by atoms with Gasteiger partial charge in [0.2, 0.25) is 0 Å². The lowest BCUT2D eigenvalue weighted by Crippen LogP contribution is -2.26. The molecule has 0 amide bonds. The zero-order chi connectivity index (χ0) is 20.3. The van der Waals surface area contributed by atoms with Crippen LogP contribution in [0.5, 0.6) is 5.75 Å². The average Bonchev–Trinajstić information content (AvgIpc) is 2.66. The summed E-state index contributed by atoms with van der Waals surface area (Å²) < 4.78 is 7.38. The lowest BCUT2D eigenvalue weighted by atomic mass is 10.1. The highest BCUT2D eigenvalue weighted by Gasteiger charge is 2.12. The minimum atomic E-state index is -0.842. The van der Waals surface area contributed by atoms with E-state index >= 15 is 0 Å². The Hall–Kier alpha value is -2.80.